The Hall–Kier alpha value is -3.33. The van der Waals surface area contributed by atoms with Crippen LogP contribution < -0.4 is 10.0 Å². The van der Waals surface area contributed by atoms with Gasteiger partial charge in [0.1, 0.15) is 10.7 Å². The lowest BCUT2D eigenvalue weighted by Crippen LogP contribution is -2.49. The van der Waals surface area contributed by atoms with E-state index in [1.807, 2.05) is 25.3 Å². The number of benzene rings is 1. The maximum Gasteiger partial charge on any atom is 0.240 e. The fourth-order valence-electron chi connectivity index (χ4n) is 3.79. The van der Waals surface area contributed by atoms with E-state index in [-0.39, 0.29) is 17.0 Å². The van der Waals surface area contributed by atoms with E-state index in [2.05, 4.69) is 30.2 Å². The van der Waals surface area contributed by atoms with Crippen molar-refractivity contribution in [3.8, 4) is 16.6 Å². The molecule has 1 aromatic carbocycles. The first-order valence-electron chi connectivity index (χ1n) is 9.98. The molecular formula is C21H19N7O2S2. The van der Waals surface area contributed by atoms with Gasteiger partial charge < -0.3 is 10.3 Å². The minimum Gasteiger partial charge on any atom is -0.381 e. The number of anilines is 1. The third kappa shape index (κ3) is 3.84. The van der Waals surface area contributed by atoms with E-state index in [4.69, 9.17) is 5.26 Å². The predicted octanol–water partition coefficient (Wildman–Crippen LogP) is 3.18. The van der Waals surface area contributed by atoms with Crippen LogP contribution in [0.4, 0.5) is 5.69 Å². The van der Waals surface area contributed by atoms with Gasteiger partial charge in [-0.15, -0.1) is 10.2 Å². The largest absolute Gasteiger partial charge is 0.381 e. The summed E-state index contributed by atoms with van der Waals surface area (Å²) in [4.78, 5) is 7.70. The number of H-pyrrole nitrogens is 1. The van der Waals surface area contributed by atoms with Gasteiger partial charge in [0, 0.05) is 29.9 Å². The zero-order chi connectivity index (χ0) is 22.3. The zero-order valence-electron chi connectivity index (χ0n) is 17.0. The van der Waals surface area contributed by atoms with Crippen LogP contribution in [0.2, 0.25) is 0 Å². The third-order valence-corrected chi connectivity index (χ3v) is 7.81. The Morgan fingerprint density at radius 3 is 2.81 bits per heavy atom. The Morgan fingerprint density at radius 2 is 2.06 bits per heavy atom. The van der Waals surface area contributed by atoms with E-state index >= 15 is 0 Å². The molecule has 3 N–H and O–H groups in total. The fourth-order valence-corrected chi connectivity index (χ4v) is 5.80. The number of nitrogens with zero attached hydrogens (tertiary/aromatic N) is 4. The summed E-state index contributed by atoms with van der Waals surface area (Å²) in [6.45, 7) is 1.91. The minimum atomic E-state index is -3.68. The summed E-state index contributed by atoms with van der Waals surface area (Å²) in [5.74, 6) is 0. The summed E-state index contributed by atoms with van der Waals surface area (Å²) in [7, 11) is -3.68. The fraction of sp³-hybridized carbons (Fsp3) is 0.238. The van der Waals surface area contributed by atoms with Gasteiger partial charge in [-0.1, -0.05) is 17.4 Å². The van der Waals surface area contributed by atoms with Crippen molar-refractivity contribution >= 4 is 38.1 Å². The molecule has 162 valence electrons. The molecule has 0 amide bonds. The van der Waals surface area contributed by atoms with Gasteiger partial charge >= 0.3 is 0 Å². The van der Waals surface area contributed by atoms with Gasteiger partial charge in [-0.05, 0) is 44.0 Å². The molecular weight excluding hydrogens is 446 g/mol. The molecule has 0 radical (unpaired) electrons. The summed E-state index contributed by atoms with van der Waals surface area (Å²) < 4.78 is 28.1. The maximum atomic E-state index is 12.7. The number of hydrogen-bond acceptors (Lipinski definition) is 8. The molecule has 1 fully saturated rings. The lowest BCUT2D eigenvalue weighted by atomic mass is 9.87. The van der Waals surface area contributed by atoms with Crippen molar-refractivity contribution in [2.45, 2.75) is 36.7 Å². The van der Waals surface area contributed by atoms with Crippen molar-refractivity contribution in [1.29, 1.82) is 5.26 Å². The molecule has 4 aromatic rings. The highest BCUT2D eigenvalue weighted by Crippen LogP contribution is 2.37. The lowest BCUT2D eigenvalue weighted by Gasteiger charge is -2.37. The van der Waals surface area contributed by atoms with Gasteiger partial charge in [0.2, 0.25) is 10.0 Å². The number of nitriles is 1. The van der Waals surface area contributed by atoms with E-state index < -0.39 is 10.0 Å². The molecule has 9 nitrogen and oxygen atoms in total. The summed E-state index contributed by atoms with van der Waals surface area (Å²) in [6, 6.07) is 9.87. The highest BCUT2D eigenvalue weighted by molar-refractivity contribution is 7.89. The van der Waals surface area contributed by atoms with Crippen LogP contribution in [0.1, 0.15) is 23.4 Å². The Balaban J connectivity index is 1.32. The van der Waals surface area contributed by atoms with Crippen LogP contribution in [0.15, 0.2) is 47.6 Å². The van der Waals surface area contributed by atoms with E-state index in [0.29, 0.717) is 18.4 Å². The van der Waals surface area contributed by atoms with E-state index in [1.54, 1.807) is 18.3 Å². The van der Waals surface area contributed by atoms with Gasteiger partial charge in [0.15, 0.2) is 5.01 Å². The van der Waals surface area contributed by atoms with Gasteiger partial charge in [-0.25, -0.2) is 18.1 Å². The average molecular weight is 466 g/mol. The van der Waals surface area contributed by atoms with E-state index in [9.17, 15) is 8.42 Å². The van der Waals surface area contributed by atoms with Crippen molar-refractivity contribution in [2.24, 2.45) is 0 Å². The van der Waals surface area contributed by atoms with Crippen LogP contribution in [0.5, 0.6) is 0 Å². The Bertz CT molecular complexity index is 1450. The molecule has 0 saturated heterocycles. The van der Waals surface area contributed by atoms with Crippen LogP contribution >= 0.6 is 11.3 Å². The molecule has 0 aliphatic heterocycles. The topological polar surface area (TPSA) is 136 Å². The summed E-state index contributed by atoms with van der Waals surface area (Å²) >= 11 is 1.50. The van der Waals surface area contributed by atoms with Crippen LogP contribution in [-0.4, -0.2) is 40.7 Å². The summed E-state index contributed by atoms with van der Waals surface area (Å²) in [5, 5.41) is 23.6. The molecule has 1 aliphatic rings. The number of nitrogens with one attached hydrogen (secondary N) is 3. The summed E-state index contributed by atoms with van der Waals surface area (Å²) in [5.41, 5.74) is 2.88. The predicted molar refractivity (Wildman–Crippen MR) is 122 cm³/mol. The second-order valence-corrected chi connectivity index (χ2v) is 10.6. The molecule has 3 aromatic heterocycles. The van der Waals surface area contributed by atoms with Gasteiger partial charge in [0.25, 0.3) is 0 Å². The van der Waals surface area contributed by atoms with Gasteiger partial charge in [0.05, 0.1) is 27.8 Å². The molecule has 32 heavy (non-hydrogen) atoms. The van der Waals surface area contributed by atoms with E-state index in [0.717, 1.165) is 32.3 Å². The van der Waals surface area contributed by atoms with Crippen LogP contribution in [0, 0.1) is 18.3 Å². The molecule has 1 saturated carbocycles. The first-order valence-corrected chi connectivity index (χ1v) is 12.3. The van der Waals surface area contributed by atoms with Crippen molar-refractivity contribution < 1.29 is 8.42 Å². The first kappa shape index (κ1) is 20.6. The third-order valence-electron chi connectivity index (χ3n) is 5.42. The standard InChI is InChI=1S/C21H19N7O2S2/c1-12-26-27-21(31-12)18-11-24-20-17(5-6-23-20)19(18)25-14-8-15(9-14)28-32(29,30)16-4-2-3-13(7-16)10-22/h2-7,11,14-15,28H,8-9H2,1H3,(H2,23,24,25). The van der Waals surface area contributed by atoms with Gasteiger partial charge in [-0.3, -0.25) is 0 Å². The first-order chi connectivity index (χ1) is 15.4. The highest BCUT2D eigenvalue weighted by atomic mass is 32.2. The van der Waals surface area contributed by atoms with E-state index in [1.165, 1.54) is 23.5 Å². The molecule has 1 aliphatic carbocycles. The molecule has 5 rings (SSSR count). The normalized spacial score (nSPS) is 18.2. The number of pyridine rings is 1. The van der Waals surface area contributed by atoms with Crippen LogP contribution in [-0.2, 0) is 10.0 Å². The Kier molecular flexibility index (Phi) is 5.13. The van der Waals surface area contributed by atoms with Crippen molar-refractivity contribution in [1.82, 2.24) is 24.9 Å². The number of aryl methyl sites for hydroxylation is 1. The van der Waals surface area contributed by atoms with Crippen LogP contribution in [0.3, 0.4) is 0 Å². The van der Waals surface area contributed by atoms with Crippen molar-refractivity contribution in [2.75, 3.05) is 5.32 Å². The number of rotatable bonds is 6. The molecule has 0 unspecified atom stereocenters. The number of fused-ring (bicyclic) bond motifs is 1. The zero-order valence-corrected chi connectivity index (χ0v) is 18.7. The molecule has 0 bridgehead atoms. The number of aromatic amines is 1. The number of aromatic nitrogens is 4. The average Bonchev–Trinajstić information content (AvgIpc) is 3.41. The molecule has 11 heteroatoms. The van der Waals surface area contributed by atoms with Crippen LogP contribution in [0.25, 0.3) is 21.6 Å². The van der Waals surface area contributed by atoms with Gasteiger partial charge in [-0.2, -0.15) is 5.26 Å². The number of sulfonamides is 1. The number of hydrogen-bond donors (Lipinski definition) is 3. The second-order valence-electron chi connectivity index (χ2n) is 7.68. The smallest absolute Gasteiger partial charge is 0.240 e. The quantitative estimate of drug-likeness (QED) is 0.398. The second kappa shape index (κ2) is 7.98. The molecule has 0 spiro atoms. The maximum absolute atomic E-state index is 12.7. The lowest BCUT2D eigenvalue weighted by molar-refractivity contribution is 0.346. The SMILES string of the molecule is Cc1nnc(-c2cnc3[nH]ccc3c2NC2CC(NS(=O)(=O)c3cccc(C#N)c3)C2)s1. The minimum absolute atomic E-state index is 0.0985. The monoisotopic (exact) mass is 465 g/mol. The highest BCUT2D eigenvalue weighted by Gasteiger charge is 2.33. The van der Waals surface area contributed by atoms with Crippen molar-refractivity contribution in [3.63, 3.8) is 0 Å². The molecule has 0 atom stereocenters. The summed E-state index contributed by atoms with van der Waals surface area (Å²) in [6.07, 6.45) is 4.90. The van der Waals surface area contributed by atoms with Crippen molar-refractivity contribution in [3.05, 3.63) is 53.3 Å². The Labute approximate surface area is 188 Å². The molecule has 3 heterocycles. The Morgan fingerprint density at radius 1 is 1.22 bits per heavy atom.